The third-order valence-electron chi connectivity index (χ3n) is 2.73. The van der Waals surface area contributed by atoms with E-state index in [0.717, 1.165) is 11.4 Å². The Hall–Kier alpha value is -0.870. The zero-order valence-electron chi connectivity index (χ0n) is 8.64. The molecule has 4 heteroatoms. The monoisotopic (exact) mass is 195 g/mol. The smallest absolute Gasteiger partial charge is 0.110 e. The number of nitrogens with zero attached hydrogens (tertiary/aromatic N) is 2. The second kappa shape index (κ2) is 3.37. The van der Waals surface area contributed by atoms with E-state index in [2.05, 4.69) is 5.10 Å². The summed E-state index contributed by atoms with van der Waals surface area (Å²) in [6.07, 6.45) is 1.84. The van der Waals surface area contributed by atoms with Gasteiger partial charge in [0.1, 0.15) is 6.10 Å². The van der Waals surface area contributed by atoms with Gasteiger partial charge in [-0.3, -0.25) is 4.68 Å². The minimum Gasteiger partial charge on any atom is -0.385 e. The van der Waals surface area contributed by atoms with Crippen molar-refractivity contribution in [3.05, 3.63) is 17.5 Å². The van der Waals surface area contributed by atoms with E-state index in [0.29, 0.717) is 5.92 Å². The number of aryl methyl sites for hydroxylation is 1. The molecule has 1 saturated carbocycles. The maximum absolute atomic E-state index is 9.81. The van der Waals surface area contributed by atoms with E-state index in [1.54, 1.807) is 11.6 Å². The fourth-order valence-corrected chi connectivity index (χ4v) is 1.63. The lowest BCUT2D eigenvalue weighted by Crippen LogP contribution is -2.26. The quantitative estimate of drug-likeness (QED) is 0.745. The molecule has 1 aliphatic carbocycles. The zero-order chi connectivity index (χ0) is 10.3. The van der Waals surface area contributed by atoms with Crippen molar-refractivity contribution >= 4 is 0 Å². The molecule has 0 bridgehead atoms. The molecule has 0 aromatic carbocycles. The lowest BCUT2D eigenvalue weighted by Gasteiger charge is -2.13. The highest BCUT2D eigenvalue weighted by atomic mass is 16.3. The van der Waals surface area contributed by atoms with Crippen molar-refractivity contribution in [2.24, 2.45) is 12.8 Å². The van der Waals surface area contributed by atoms with Gasteiger partial charge in [-0.25, -0.2) is 0 Å². The van der Waals surface area contributed by atoms with Crippen molar-refractivity contribution < 1.29 is 5.11 Å². The van der Waals surface area contributed by atoms with Gasteiger partial charge in [-0.1, -0.05) is 0 Å². The molecule has 1 aromatic rings. The summed E-state index contributed by atoms with van der Waals surface area (Å²) in [6, 6.07) is 1.73. The van der Waals surface area contributed by atoms with Gasteiger partial charge in [-0.15, -0.1) is 0 Å². The van der Waals surface area contributed by atoms with Gasteiger partial charge in [0.2, 0.25) is 0 Å². The summed E-state index contributed by atoms with van der Waals surface area (Å²) < 4.78 is 1.74. The molecule has 1 fully saturated rings. The Kier molecular flexibility index (Phi) is 2.33. The maximum atomic E-state index is 9.81. The van der Waals surface area contributed by atoms with Crippen molar-refractivity contribution in [3.63, 3.8) is 0 Å². The fourth-order valence-electron chi connectivity index (χ4n) is 1.63. The molecular weight excluding hydrogens is 178 g/mol. The average Bonchev–Trinajstić information content (AvgIpc) is 2.89. The summed E-state index contributed by atoms with van der Waals surface area (Å²) in [5, 5.41) is 14.2. The number of aromatic nitrogens is 2. The second-order valence-corrected chi connectivity index (χ2v) is 4.20. The van der Waals surface area contributed by atoms with Crippen LogP contribution in [0, 0.1) is 0 Å². The molecule has 2 unspecified atom stereocenters. The van der Waals surface area contributed by atoms with Crippen LogP contribution in [0.5, 0.6) is 0 Å². The maximum Gasteiger partial charge on any atom is 0.110 e. The van der Waals surface area contributed by atoms with E-state index in [1.165, 1.54) is 12.8 Å². The molecule has 1 heterocycles. The summed E-state index contributed by atoms with van der Waals surface area (Å²) in [4.78, 5) is 0. The largest absolute Gasteiger partial charge is 0.385 e. The molecule has 2 rings (SSSR count). The van der Waals surface area contributed by atoms with Crippen molar-refractivity contribution in [1.29, 1.82) is 0 Å². The Balaban J connectivity index is 2.23. The lowest BCUT2D eigenvalue weighted by molar-refractivity contribution is 0.144. The fraction of sp³-hybridized carbons (Fsp3) is 0.700. The van der Waals surface area contributed by atoms with Crippen LogP contribution in [0.1, 0.15) is 43.2 Å². The predicted octanol–water partition coefficient (Wildman–Crippen LogP) is 0.678. The van der Waals surface area contributed by atoms with Crippen molar-refractivity contribution in [2.75, 3.05) is 0 Å². The molecule has 0 amide bonds. The first-order valence-electron chi connectivity index (χ1n) is 5.07. The van der Waals surface area contributed by atoms with Gasteiger partial charge in [-0.2, -0.15) is 5.10 Å². The van der Waals surface area contributed by atoms with E-state index in [-0.39, 0.29) is 6.04 Å². The van der Waals surface area contributed by atoms with Gasteiger partial charge in [0.25, 0.3) is 0 Å². The summed E-state index contributed by atoms with van der Waals surface area (Å²) in [5.41, 5.74) is 7.57. The normalized spacial score (nSPS) is 20.9. The molecule has 4 nitrogen and oxygen atoms in total. The zero-order valence-corrected chi connectivity index (χ0v) is 8.64. The highest BCUT2D eigenvalue weighted by Crippen LogP contribution is 2.39. The van der Waals surface area contributed by atoms with Gasteiger partial charge in [0.05, 0.1) is 11.4 Å². The number of rotatable bonds is 3. The van der Waals surface area contributed by atoms with Crippen LogP contribution in [0.4, 0.5) is 0 Å². The molecule has 0 radical (unpaired) electrons. The molecule has 2 atom stereocenters. The first kappa shape index (κ1) is 9.68. The second-order valence-electron chi connectivity index (χ2n) is 4.20. The van der Waals surface area contributed by atoms with Crippen LogP contribution in [0.2, 0.25) is 0 Å². The SMILES string of the molecule is CC(N)C(O)c1cc(C2CC2)nn1C. The van der Waals surface area contributed by atoms with Gasteiger partial charge in [0.15, 0.2) is 0 Å². The summed E-state index contributed by atoms with van der Waals surface area (Å²) >= 11 is 0. The standard InChI is InChI=1S/C10H17N3O/c1-6(11)10(14)9-5-8(7-3-4-7)12-13(9)2/h5-7,10,14H,3-4,11H2,1-2H3. The number of hydrogen-bond acceptors (Lipinski definition) is 3. The molecule has 1 aromatic heterocycles. The van der Waals surface area contributed by atoms with Crippen LogP contribution in [0.15, 0.2) is 6.07 Å². The minimum absolute atomic E-state index is 0.252. The van der Waals surface area contributed by atoms with Crippen LogP contribution in [0.25, 0.3) is 0 Å². The van der Waals surface area contributed by atoms with Crippen molar-refractivity contribution in [1.82, 2.24) is 9.78 Å². The Labute approximate surface area is 83.7 Å². The van der Waals surface area contributed by atoms with E-state index >= 15 is 0 Å². The van der Waals surface area contributed by atoms with Crippen LogP contribution in [-0.2, 0) is 7.05 Å². The highest BCUT2D eigenvalue weighted by Gasteiger charge is 2.28. The molecule has 3 N–H and O–H groups in total. The van der Waals surface area contributed by atoms with Crippen LogP contribution < -0.4 is 5.73 Å². The summed E-state index contributed by atoms with van der Waals surface area (Å²) in [7, 11) is 1.85. The molecule has 0 aliphatic heterocycles. The van der Waals surface area contributed by atoms with Crippen molar-refractivity contribution in [2.45, 2.75) is 37.8 Å². The number of aliphatic hydroxyl groups excluding tert-OH is 1. The molecule has 0 saturated heterocycles. The molecule has 0 spiro atoms. The third-order valence-corrected chi connectivity index (χ3v) is 2.73. The Morgan fingerprint density at radius 2 is 2.29 bits per heavy atom. The Morgan fingerprint density at radius 3 is 2.79 bits per heavy atom. The highest BCUT2D eigenvalue weighted by molar-refractivity contribution is 5.20. The molecule has 1 aliphatic rings. The summed E-state index contributed by atoms with van der Waals surface area (Å²) in [5.74, 6) is 0.621. The average molecular weight is 195 g/mol. The van der Waals surface area contributed by atoms with E-state index in [1.807, 2.05) is 13.1 Å². The molecule has 14 heavy (non-hydrogen) atoms. The van der Waals surface area contributed by atoms with E-state index < -0.39 is 6.10 Å². The molecular formula is C10H17N3O. The third kappa shape index (κ3) is 1.67. The Bertz CT molecular complexity index is 328. The van der Waals surface area contributed by atoms with Crippen molar-refractivity contribution in [3.8, 4) is 0 Å². The first-order chi connectivity index (χ1) is 6.59. The Morgan fingerprint density at radius 1 is 1.64 bits per heavy atom. The topological polar surface area (TPSA) is 64.1 Å². The van der Waals surface area contributed by atoms with E-state index in [9.17, 15) is 5.11 Å². The number of aliphatic hydroxyl groups is 1. The van der Waals surface area contributed by atoms with Gasteiger partial charge >= 0.3 is 0 Å². The van der Waals surface area contributed by atoms with Crippen LogP contribution >= 0.6 is 0 Å². The van der Waals surface area contributed by atoms with Crippen LogP contribution in [0.3, 0.4) is 0 Å². The van der Waals surface area contributed by atoms with Gasteiger partial charge < -0.3 is 10.8 Å². The van der Waals surface area contributed by atoms with Gasteiger partial charge in [0, 0.05) is 19.0 Å². The minimum atomic E-state index is -0.611. The summed E-state index contributed by atoms with van der Waals surface area (Å²) in [6.45, 7) is 1.80. The first-order valence-corrected chi connectivity index (χ1v) is 5.07. The predicted molar refractivity (Wildman–Crippen MR) is 53.8 cm³/mol. The molecule has 78 valence electrons. The van der Waals surface area contributed by atoms with Gasteiger partial charge in [-0.05, 0) is 25.8 Å². The van der Waals surface area contributed by atoms with E-state index in [4.69, 9.17) is 5.73 Å². The van der Waals surface area contributed by atoms with Crippen LogP contribution in [-0.4, -0.2) is 20.9 Å². The lowest BCUT2D eigenvalue weighted by atomic mass is 10.1. The number of hydrogen-bond donors (Lipinski definition) is 2. The number of nitrogens with two attached hydrogens (primary N) is 1.